The minimum Gasteiger partial charge on any atom is -0.474 e. The highest BCUT2D eigenvalue weighted by Crippen LogP contribution is 2.22. The molecular formula is C16H22F3N3O3. The lowest BCUT2D eigenvalue weighted by atomic mass is 9.98. The monoisotopic (exact) mass is 361 g/mol. The number of aldehydes is 1. The van der Waals surface area contributed by atoms with E-state index in [0.29, 0.717) is 6.29 Å². The standard InChI is InChI=1S/C9H17N3O2.C7H5F3O/c10-9(8(6-13)12-11)14-7-4-2-1-3-5-7;8-7(9,10)11-6-4-2-1-3-5-6/h6-7,12H,1-5,10-11H2;1-5H/b9-8+;. The Labute approximate surface area is 143 Å². The SMILES string of the molecule is FC(F)(F)Oc1ccccc1.NN/C(C=O)=C(\N)OC1CCCCC1. The Kier molecular flexibility index (Phi) is 8.62. The summed E-state index contributed by atoms with van der Waals surface area (Å²) >= 11 is 0. The van der Waals surface area contributed by atoms with Gasteiger partial charge in [-0.1, -0.05) is 24.6 Å². The number of ether oxygens (including phenoxy) is 2. The molecule has 6 nitrogen and oxygen atoms in total. The molecule has 9 heteroatoms. The van der Waals surface area contributed by atoms with E-state index in [4.69, 9.17) is 16.3 Å². The van der Waals surface area contributed by atoms with Crippen molar-refractivity contribution in [1.82, 2.24) is 5.43 Å². The van der Waals surface area contributed by atoms with Crippen molar-refractivity contribution >= 4 is 6.29 Å². The molecule has 0 radical (unpaired) electrons. The smallest absolute Gasteiger partial charge is 0.474 e. The molecule has 0 unspecified atom stereocenters. The van der Waals surface area contributed by atoms with Crippen molar-refractivity contribution in [1.29, 1.82) is 0 Å². The van der Waals surface area contributed by atoms with Crippen molar-refractivity contribution in [2.24, 2.45) is 11.6 Å². The molecule has 0 heterocycles. The summed E-state index contributed by atoms with van der Waals surface area (Å²) in [6.45, 7) is 0. The number of carbonyl (C=O) groups is 1. The van der Waals surface area contributed by atoms with Crippen molar-refractivity contribution in [3.05, 3.63) is 41.9 Å². The van der Waals surface area contributed by atoms with Crippen molar-refractivity contribution in [3.63, 3.8) is 0 Å². The van der Waals surface area contributed by atoms with Gasteiger partial charge in [0.25, 0.3) is 0 Å². The molecule has 1 aromatic rings. The zero-order chi connectivity index (χ0) is 18.7. The maximum absolute atomic E-state index is 11.5. The van der Waals surface area contributed by atoms with Crippen LogP contribution in [0.3, 0.4) is 0 Å². The lowest BCUT2D eigenvalue weighted by Gasteiger charge is -2.23. The molecule has 140 valence electrons. The number of nitrogens with one attached hydrogen (secondary N) is 1. The summed E-state index contributed by atoms with van der Waals surface area (Å²) in [6.07, 6.45) is 1.65. The van der Waals surface area contributed by atoms with Crippen molar-refractivity contribution in [2.45, 2.75) is 44.6 Å². The van der Waals surface area contributed by atoms with Crippen molar-refractivity contribution in [3.8, 4) is 5.75 Å². The number of halogens is 3. The van der Waals surface area contributed by atoms with Gasteiger partial charge in [-0.05, 0) is 37.8 Å². The van der Waals surface area contributed by atoms with Gasteiger partial charge in [-0.3, -0.25) is 10.6 Å². The van der Waals surface area contributed by atoms with Gasteiger partial charge in [0, 0.05) is 0 Å². The lowest BCUT2D eigenvalue weighted by molar-refractivity contribution is -0.274. The van der Waals surface area contributed by atoms with E-state index in [0.717, 1.165) is 25.7 Å². The van der Waals surface area contributed by atoms with Gasteiger partial charge >= 0.3 is 6.36 Å². The molecule has 0 bridgehead atoms. The number of para-hydroxylation sites is 1. The predicted octanol–water partition coefficient (Wildman–Crippen LogP) is 2.71. The quantitative estimate of drug-likeness (QED) is 0.245. The first-order chi connectivity index (χ1) is 11.9. The molecule has 2 rings (SSSR count). The van der Waals surface area contributed by atoms with E-state index in [1.807, 2.05) is 0 Å². The van der Waals surface area contributed by atoms with Crippen LogP contribution < -0.4 is 21.7 Å². The van der Waals surface area contributed by atoms with E-state index in [1.54, 1.807) is 6.07 Å². The second kappa shape index (κ2) is 10.4. The number of benzene rings is 1. The lowest BCUT2D eigenvalue weighted by Crippen LogP contribution is -2.29. The summed E-state index contributed by atoms with van der Waals surface area (Å²) in [5, 5.41) is 0. The molecule has 0 atom stereocenters. The number of hydrazine groups is 1. The van der Waals surface area contributed by atoms with Gasteiger partial charge in [-0.2, -0.15) is 0 Å². The van der Waals surface area contributed by atoms with Crippen LogP contribution >= 0.6 is 0 Å². The third-order valence-corrected chi connectivity index (χ3v) is 3.36. The summed E-state index contributed by atoms with van der Waals surface area (Å²) in [4.78, 5) is 10.5. The number of carbonyl (C=O) groups excluding carboxylic acids is 1. The molecule has 1 saturated carbocycles. The summed E-state index contributed by atoms with van der Waals surface area (Å²) < 4.78 is 43.6. The zero-order valence-electron chi connectivity index (χ0n) is 13.6. The number of nitrogens with two attached hydrogens (primary N) is 2. The fourth-order valence-electron chi connectivity index (χ4n) is 2.21. The largest absolute Gasteiger partial charge is 0.573 e. The molecule has 0 aromatic heterocycles. The van der Waals surface area contributed by atoms with Crippen LogP contribution in [0, 0.1) is 0 Å². The maximum atomic E-state index is 11.5. The first-order valence-corrected chi connectivity index (χ1v) is 7.74. The topological polar surface area (TPSA) is 99.6 Å². The fraction of sp³-hybridized carbons (Fsp3) is 0.438. The molecular weight excluding hydrogens is 339 g/mol. The summed E-state index contributed by atoms with van der Waals surface area (Å²) in [5.41, 5.74) is 7.86. The van der Waals surface area contributed by atoms with Crippen molar-refractivity contribution in [2.75, 3.05) is 0 Å². The molecule has 0 aliphatic heterocycles. The number of hydrogen-bond acceptors (Lipinski definition) is 6. The van der Waals surface area contributed by atoms with E-state index in [1.165, 1.54) is 30.7 Å². The molecule has 1 aliphatic carbocycles. The van der Waals surface area contributed by atoms with Crippen LogP contribution in [-0.2, 0) is 9.53 Å². The second-order valence-corrected chi connectivity index (χ2v) is 5.28. The van der Waals surface area contributed by atoms with Crippen LogP contribution in [0.1, 0.15) is 32.1 Å². The molecule has 25 heavy (non-hydrogen) atoms. The molecule has 0 amide bonds. The Bertz CT molecular complexity index is 545. The van der Waals surface area contributed by atoms with Gasteiger partial charge in [0.2, 0.25) is 5.88 Å². The van der Waals surface area contributed by atoms with E-state index in [9.17, 15) is 18.0 Å². The number of rotatable bonds is 5. The third-order valence-electron chi connectivity index (χ3n) is 3.36. The summed E-state index contributed by atoms with van der Waals surface area (Å²) in [6, 6.07) is 7.05. The highest BCUT2D eigenvalue weighted by molar-refractivity contribution is 5.72. The van der Waals surface area contributed by atoms with Gasteiger partial charge in [0.15, 0.2) is 6.29 Å². The molecule has 5 N–H and O–H groups in total. The third kappa shape index (κ3) is 8.85. The van der Waals surface area contributed by atoms with Gasteiger partial charge < -0.3 is 20.6 Å². The van der Waals surface area contributed by atoms with Crippen LogP contribution in [0.2, 0.25) is 0 Å². The highest BCUT2D eigenvalue weighted by Gasteiger charge is 2.30. The second-order valence-electron chi connectivity index (χ2n) is 5.28. The minimum absolute atomic E-state index is 0.0920. The summed E-state index contributed by atoms with van der Waals surface area (Å²) in [7, 11) is 0. The van der Waals surface area contributed by atoms with Crippen LogP contribution in [0.5, 0.6) is 5.75 Å². The van der Waals surface area contributed by atoms with Gasteiger partial charge in [-0.25, -0.2) is 0 Å². The van der Waals surface area contributed by atoms with E-state index in [-0.39, 0.29) is 23.4 Å². The number of allylic oxidation sites excluding steroid dienone is 1. The van der Waals surface area contributed by atoms with E-state index < -0.39 is 6.36 Å². The zero-order valence-corrected chi connectivity index (χ0v) is 13.6. The average molecular weight is 361 g/mol. The maximum Gasteiger partial charge on any atom is 0.573 e. The van der Waals surface area contributed by atoms with E-state index in [2.05, 4.69) is 10.2 Å². The van der Waals surface area contributed by atoms with Crippen LogP contribution in [-0.4, -0.2) is 18.8 Å². The Balaban J connectivity index is 0.000000257. The van der Waals surface area contributed by atoms with Crippen LogP contribution in [0.15, 0.2) is 41.9 Å². The van der Waals surface area contributed by atoms with Gasteiger partial charge in [0.1, 0.15) is 17.6 Å². The van der Waals surface area contributed by atoms with Crippen LogP contribution in [0.25, 0.3) is 0 Å². The molecule has 1 aliphatic rings. The Morgan fingerprint density at radius 2 is 1.76 bits per heavy atom. The van der Waals surface area contributed by atoms with Gasteiger partial charge in [-0.15, -0.1) is 13.2 Å². The average Bonchev–Trinajstić information content (AvgIpc) is 2.57. The minimum atomic E-state index is -4.60. The van der Waals surface area contributed by atoms with E-state index >= 15 is 0 Å². The molecule has 1 aromatic carbocycles. The van der Waals surface area contributed by atoms with Gasteiger partial charge in [0.05, 0.1) is 0 Å². The predicted molar refractivity (Wildman–Crippen MR) is 85.7 cm³/mol. The van der Waals surface area contributed by atoms with Crippen LogP contribution in [0.4, 0.5) is 13.2 Å². The molecule has 0 spiro atoms. The Morgan fingerprint density at radius 3 is 2.24 bits per heavy atom. The fourth-order valence-corrected chi connectivity index (χ4v) is 2.21. The highest BCUT2D eigenvalue weighted by atomic mass is 19.4. The Morgan fingerprint density at radius 1 is 1.16 bits per heavy atom. The number of hydrogen-bond donors (Lipinski definition) is 3. The van der Waals surface area contributed by atoms with Crippen molar-refractivity contribution < 1.29 is 27.4 Å². The Hall–Kier alpha value is -2.42. The molecule has 1 fully saturated rings. The first kappa shape index (κ1) is 20.6. The number of alkyl halides is 3. The summed E-state index contributed by atoms with van der Waals surface area (Å²) in [5.74, 6) is 4.99. The first-order valence-electron chi connectivity index (χ1n) is 7.74. The normalized spacial score (nSPS) is 16.0. The molecule has 0 saturated heterocycles.